The van der Waals surface area contributed by atoms with E-state index in [2.05, 4.69) is 78.9 Å². The number of rotatable bonds is 5. The molecule has 0 spiro atoms. The van der Waals surface area contributed by atoms with Gasteiger partial charge in [-0.2, -0.15) is 4.98 Å². The van der Waals surface area contributed by atoms with Crippen LogP contribution >= 0.6 is 0 Å². The first-order chi connectivity index (χ1) is 12.4. The van der Waals surface area contributed by atoms with E-state index < -0.39 is 0 Å². The van der Waals surface area contributed by atoms with E-state index in [1.807, 2.05) is 0 Å². The maximum Gasteiger partial charge on any atom is 0.243 e. The van der Waals surface area contributed by atoms with Gasteiger partial charge in [0.15, 0.2) is 5.82 Å². The minimum Gasteiger partial charge on any atom is -0.378 e. The van der Waals surface area contributed by atoms with Gasteiger partial charge in [0.05, 0.1) is 19.3 Å². The zero-order valence-electron chi connectivity index (χ0n) is 16.5. The molecule has 0 unspecified atom stereocenters. The second kappa shape index (κ2) is 7.76. The van der Waals surface area contributed by atoms with Crippen LogP contribution in [0.15, 0.2) is 28.8 Å². The molecule has 26 heavy (non-hydrogen) atoms. The predicted molar refractivity (Wildman–Crippen MR) is 102 cm³/mol. The second-order valence-electron chi connectivity index (χ2n) is 8.03. The fraction of sp³-hybridized carbons (Fsp3) is 0.600. The minimum atomic E-state index is -0.108. The predicted octanol–water partition coefficient (Wildman–Crippen LogP) is 3.40. The van der Waals surface area contributed by atoms with Gasteiger partial charge >= 0.3 is 0 Å². The van der Waals surface area contributed by atoms with Crippen molar-refractivity contribution in [2.75, 3.05) is 38.3 Å². The van der Waals surface area contributed by atoms with E-state index in [1.165, 1.54) is 11.3 Å². The van der Waals surface area contributed by atoms with Crippen molar-refractivity contribution in [3.63, 3.8) is 0 Å². The van der Waals surface area contributed by atoms with Gasteiger partial charge in [0.1, 0.15) is 0 Å². The van der Waals surface area contributed by atoms with Crippen molar-refractivity contribution in [3.8, 4) is 0 Å². The second-order valence-corrected chi connectivity index (χ2v) is 8.03. The van der Waals surface area contributed by atoms with E-state index in [9.17, 15) is 0 Å². The molecule has 1 aliphatic rings. The number of morpholine rings is 1. The summed E-state index contributed by atoms with van der Waals surface area (Å²) in [5.41, 5.74) is 2.48. The number of benzene rings is 1. The monoisotopic (exact) mass is 358 g/mol. The number of hydrogen-bond acceptors (Lipinski definition) is 6. The summed E-state index contributed by atoms with van der Waals surface area (Å²) in [7, 11) is 2.10. The molecule has 6 heteroatoms. The fourth-order valence-corrected chi connectivity index (χ4v) is 3.06. The molecule has 142 valence electrons. The van der Waals surface area contributed by atoms with Gasteiger partial charge in [-0.3, -0.25) is 4.90 Å². The summed E-state index contributed by atoms with van der Waals surface area (Å²) in [6, 6.07) is 8.65. The number of anilines is 1. The smallest absolute Gasteiger partial charge is 0.243 e. The van der Waals surface area contributed by atoms with Crippen molar-refractivity contribution in [1.82, 2.24) is 15.0 Å². The molecule has 0 radical (unpaired) electrons. The van der Waals surface area contributed by atoms with E-state index in [0.29, 0.717) is 5.89 Å². The summed E-state index contributed by atoms with van der Waals surface area (Å²) in [5.74, 6) is 1.42. The van der Waals surface area contributed by atoms with E-state index >= 15 is 0 Å². The molecule has 0 N–H and O–H groups in total. The zero-order valence-corrected chi connectivity index (χ0v) is 16.5. The molecule has 0 bridgehead atoms. The van der Waals surface area contributed by atoms with Crippen LogP contribution in [-0.2, 0) is 16.7 Å². The largest absolute Gasteiger partial charge is 0.378 e. The SMILES string of the molecule is C[C@H](c1nc(C(C)(C)C)no1)N(C)Cc1ccccc1N1CCOCC1. The standard InChI is InChI=1S/C20H30N4O2/c1-15(18-21-19(22-26-18)20(2,3)4)23(5)14-16-8-6-7-9-17(16)24-10-12-25-13-11-24/h6-9,15H,10-14H2,1-5H3/t15-/m1/s1. The highest BCUT2D eigenvalue weighted by Crippen LogP contribution is 2.27. The van der Waals surface area contributed by atoms with Crippen LogP contribution in [0.2, 0.25) is 0 Å². The van der Waals surface area contributed by atoms with Crippen molar-refractivity contribution in [1.29, 1.82) is 0 Å². The highest BCUT2D eigenvalue weighted by Gasteiger charge is 2.25. The van der Waals surface area contributed by atoms with Crippen LogP contribution in [0.25, 0.3) is 0 Å². The third kappa shape index (κ3) is 4.24. The average Bonchev–Trinajstić information content (AvgIpc) is 3.13. The van der Waals surface area contributed by atoms with E-state index in [-0.39, 0.29) is 11.5 Å². The molecular weight excluding hydrogens is 328 g/mol. The first-order valence-corrected chi connectivity index (χ1v) is 9.31. The number of ether oxygens (including phenoxy) is 1. The molecule has 1 saturated heterocycles. The Morgan fingerprint density at radius 2 is 1.88 bits per heavy atom. The molecule has 2 heterocycles. The van der Waals surface area contributed by atoms with Gasteiger partial charge in [-0.15, -0.1) is 0 Å². The molecule has 0 saturated carbocycles. The fourth-order valence-electron chi connectivity index (χ4n) is 3.06. The summed E-state index contributed by atoms with van der Waals surface area (Å²) in [6.45, 7) is 12.7. The Hall–Kier alpha value is -1.92. The van der Waals surface area contributed by atoms with Crippen LogP contribution in [0.3, 0.4) is 0 Å². The summed E-state index contributed by atoms with van der Waals surface area (Å²) in [5, 5.41) is 4.15. The lowest BCUT2D eigenvalue weighted by atomic mass is 9.96. The zero-order chi connectivity index (χ0) is 18.7. The van der Waals surface area contributed by atoms with Crippen LogP contribution in [0.1, 0.15) is 51.0 Å². The van der Waals surface area contributed by atoms with Gasteiger partial charge in [0, 0.05) is 30.7 Å². The maximum atomic E-state index is 5.53. The van der Waals surface area contributed by atoms with Crippen LogP contribution in [0.4, 0.5) is 5.69 Å². The maximum absolute atomic E-state index is 5.53. The van der Waals surface area contributed by atoms with Crippen LogP contribution in [-0.4, -0.2) is 48.4 Å². The highest BCUT2D eigenvalue weighted by molar-refractivity contribution is 5.53. The van der Waals surface area contributed by atoms with Crippen molar-refractivity contribution in [2.45, 2.75) is 45.7 Å². The Balaban J connectivity index is 1.73. The normalized spacial score (nSPS) is 16.9. The van der Waals surface area contributed by atoms with Gasteiger partial charge in [0.2, 0.25) is 5.89 Å². The molecule has 6 nitrogen and oxygen atoms in total. The molecule has 3 rings (SSSR count). The van der Waals surface area contributed by atoms with E-state index in [4.69, 9.17) is 9.26 Å². The van der Waals surface area contributed by atoms with Crippen LogP contribution in [0, 0.1) is 0 Å². The molecule has 0 amide bonds. The number of hydrogen-bond donors (Lipinski definition) is 0. The Morgan fingerprint density at radius 3 is 2.54 bits per heavy atom. The Morgan fingerprint density at radius 1 is 1.19 bits per heavy atom. The third-order valence-electron chi connectivity index (χ3n) is 4.89. The molecule has 0 aliphatic carbocycles. The quantitative estimate of drug-likeness (QED) is 0.816. The van der Waals surface area contributed by atoms with Gasteiger partial charge in [-0.1, -0.05) is 44.1 Å². The highest BCUT2D eigenvalue weighted by atomic mass is 16.5. The number of aromatic nitrogens is 2. The molecule has 2 aromatic rings. The molecule has 1 aliphatic heterocycles. The van der Waals surface area contributed by atoms with Crippen LogP contribution in [0.5, 0.6) is 0 Å². The van der Waals surface area contributed by atoms with Gasteiger partial charge < -0.3 is 14.2 Å². The lowest BCUT2D eigenvalue weighted by Crippen LogP contribution is -2.37. The van der Waals surface area contributed by atoms with Crippen molar-refractivity contribution >= 4 is 5.69 Å². The van der Waals surface area contributed by atoms with Crippen molar-refractivity contribution < 1.29 is 9.26 Å². The van der Waals surface area contributed by atoms with Gasteiger partial charge in [0.25, 0.3) is 0 Å². The van der Waals surface area contributed by atoms with Gasteiger partial charge in [-0.25, -0.2) is 0 Å². The first-order valence-electron chi connectivity index (χ1n) is 9.31. The molecule has 1 aromatic carbocycles. The molecule has 1 aromatic heterocycles. The third-order valence-corrected chi connectivity index (χ3v) is 4.89. The average molecular weight is 358 g/mol. The Bertz CT molecular complexity index is 717. The van der Waals surface area contributed by atoms with E-state index in [1.54, 1.807) is 0 Å². The number of para-hydroxylation sites is 1. The van der Waals surface area contributed by atoms with Crippen molar-refractivity contribution in [3.05, 3.63) is 41.5 Å². The van der Waals surface area contributed by atoms with Crippen molar-refractivity contribution in [2.24, 2.45) is 0 Å². The first kappa shape index (κ1) is 18.9. The number of nitrogens with zero attached hydrogens (tertiary/aromatic N) is 4. The Labute approximate surface area is 156 Å². The Kier molecular flexibility index (Phi) is 5.63. The summed E-state index contributed by atoms with van der Waals surface area (Å²) >= 11 is 0. The topological polar surface area (TPSA) is 54.6 Å². The minimum absolute atomic E-state index is 0.0522. The van der Waals surface area contributed by atoms with Gasteiger partial charge in [-0.05, 0) is 25.6 Å². The summed E-state index contributed by atoms with van der Waals surface area (Å²) in [4.78, 5) is 9.26. The lowest BCUT2D eigenvalue weighted by Gasteiger charge is -2.32. The molecule has 1 fully saturated rings. The summed E-state index contributed by atoms with van der Waals surface area (Å²) in [6.07, 6.45) is 0. The molecule has 1 atom stereocenters. The van der Waals surface area contributed by atoms with E-state index in [0.717, 1.165) is 38.7 Å². The lowest BCUT2D eigenvalue weighted by molar-refractivity contribution is 0.122. The van der Waals surface area contributed by atoms with Crippen LogP contribution < -0.4 is 4.90 Å². The summed E-state index contributed by atoms with van der Waals surface area (Å²) < 4.78 is 11.0. The molecular formula is C20H30N4O2.